The van der Waals surface area contributed by atoms with Crippen molar-refractivity contribution in [1.29, 1.82) is 0 Å². The van der Waals surface area contributed by atoms with Crippen LogP contribution in [0.3, 0.4) is 0 Å². The van der Waals surface area contributed by atoms with Crippen molar-refractivity contribution in [2.75, 3.05) is 39.3 Å². The highest BCUT2D eigenvalue weighted by atomic mass is 32.2. The number of nitrogens with one attached hydrogen (secondary N) is 1. The van der Waals surface area contributed by atoms with Gasteiger partial charge in [-0.05, 0) is 55.1 Å². The smallest absolute Gasteiger partial charge is 0.243 e. The van der Waals surface area contributed by atoms with Crippen molar-refractivity contribution < 1.29 is 13.2 Å². The van der Waals surface area contributed by atoms with E-state index in [0.29, 0.717) is 24.0 Å². The molecule has 180 valence electrons. The molecule has 1 atom stereocenters. The number of benzene rings is 2. The van der Waals surface area contributed by atoms with E-state index in [2.05, 4.69) is 48.3 Å². The van der Waals surface area contributed by atoms with Crippen molar-refractivity contribution in [1.82, 2.24) is 14.5 Å². The summed E-state index contributed by atoms with van der Waals surface area (Å²) in [4.78, 5) is 2.75. The van der Waals surface area contributed by atoms with Crippen LogP contribution < -0.4 is 5.32 Å². The van der Waals surface area contributed by atoms with Gasteiger partial charge in [0, 0.05) is 32.2 Å². The zero-order chi connectivity index (χ0) is 23.3. The Kier molecular flexibility index (Phi) is 8.20. The molecular formula is C26H37N3O3S. The van der Waals surface area contributed by atoms with Crippen LogP contribution in [0.4, 0.5) is 0 Å². The maximum Gasteiger partial charge on any atom is 0.243 e. The van der Waals surface area contributed by atoms with E-state index in [1.165, 1.54) is 5.56 Å². The molecule has 0 aliphatic carbocycles. The van der Waals surface area contributed by atoms with Crippen molar-refractivity contribution in [3.05, 3.63) is 65.7 Å². The van der Waals surface area contributed by atoms with Crippen molar-refractivity contribution in [2.24, 2.45) is 0 Å². The highest BCUT2D eigenvalue weighted by Crippen LogP contribution is 2.26. The number of morpholine rings is 1. The number of rotatable bonds is 8. The minimum Gasteiger partial charge on any atom is -0.374 e. The first kappa shape index (κ1) is 24.4. The summed E-state index contributed by atoms with van der Waals surface area (Å²) in [5.41, 5.74) is 2.42. The number of nitrogens with zero attached hydrogens (tertiary/aromatic N) is 2. The second kappa shape index (κ2) is 11.1. The van der Waals surface area contributed by atoms with Gasteiger partial charge in [0.1, 0.15) is 0 Å². The summed E-state index contributed by atoms with van der Waals surface area (Å²) in [5.74, 6) is 0.369. The van der Waals surface area contributed by atoms with Gasteiger partial charge in [-0.2, -0.15) is 4.31 Å². The van der Waals surface area contributed by atoms with Gasteiger partial charge in [-0.3, -0.25) is 4.90 Å². The van der Waals surface area contributed by atoms with E-state index >= 15 is 0 Å². The van der Waals surface area contributed by atoms with E-state index in [1.54, 1.807) is 16.4 Å². The third-order valence-corrected chi connectivity index (χ3v) is 8.66. The van der Waals surface area contributed by atoms with E-state index in [4.69, 9.17) is 4.74 Å². The van der Waals surface area contributed by atoms with Gasteiger partial charge in [-0.15, -0.1) is 0 Å². The molecule has 0 bridgehead atoms. The first-order valence-electron chi connectivity index (χ1n) is 12.1. The molecule has 2 saturated heterocycles. The van der Waals surface area contributed by atoms with Crippen LogP contribution in [0.15, 0.2) is 59.5 Å². The van der Waals surface area contributed by atoms with Crippen LogP contribution in [0, 0.1) is 0 Å². The van der Waals surface area contributed by atoms with E-state index in [1.807, 2.05) is 18.2 Å². The summed E-state index contributed by atoms with van der Waals surface area (Å²) < 4.78 is 35.4. The monoisotopic (exact) mass is 471 g/mol. The topological polar surface area (TPSA) is 61.9 Å². The molecule has 33 heavy (non-hydrogen) atoms. The van der Waals surface area contributed by atoms with Gasteiger partial charge in [0.15, 0.2) is 0 Å². The summed E-state index contributed by atoms with van der Waals surface area (Å²) >= 11 is 0. The van der Waals surface area contributed by atoms with Crippen molar-refractivity contribution >= 4 is 10.0 Å². The van der Waals surface area contributed by atoms with E-state index in [9.17, 15) is 8.42 Å². The molecule has 4 rings (SSSR count). The fraction of sp³-hybridized carbons (Fsp3) is 0.538. The highest BCUT2D eigenvalue weighted by molar-refractivity contribution is 7.89. The predicted octanol–water partition coefficient (Wildman–Crippen LogP) is 3.45. The lowest BCUT2D eigenvalue weighted by molar-refractivity contribution is -0.0413. The van der Waals surface area contributed by atoms with Crippen molar-refractivity contribution in [3.63, 3.8) is 0 Å². The molecule has 0 radical (unpaired) electrons. The van der Waals surface area contributed by atoms with Crippen LogP contribution in [-0.2, 0) is 21.3 Å². The second-order valence-electron chi connectivity index (χ2n) is 9.49. The van der Waals surface area contributed by atoms with Crippen LogP contribution in [0.25, 0.3) is 0 Å². The maximum atomic E-state index is 13.8. The molecule has 0 amide bonds. The molecule has 7 heteroatoms. The molecular weight excluding hydrogens is 434 g/mol. The predicted molar refractivity (Wildman–Crippen MR) is 132 cm³/mol. The molecule has 2 heterocycles. The van der Waals surface area contributed by atoms with Gasteiger partial charge in [0.25, 0.3) is 0 Å². The first-order chi connectivity index (χ1) is 15.9. The molecule has 1 N–H and O–H groups in total. The van der Waals surface area contributed by atoms with Crippen LogP contribution in [0.2, 0.25) is 0 Å². The van der Waals surface area contributed by atoms with Gasteiger partial charge < -0.3 is 10.1 Å². The third-order valence-electron chi connectivity index (χ3n) is 6.72. The molecule has 0 saturated carbocycles. The van der Waals surface area contributed by atoms with E-state index in [0.717, 1.165) is 51.1 Å². The molecule has 2 aliphatic heterocycles. The number of hydrogen-bond acceptors (Lipinski definition) is 5. The van der Waals surface area contributed by atoms with Gasteiger partial charge in [-0.25, -0.2) is 8.42 Å². The Balaban J connectivity index is 1.51. The number of piperidine rings is 1. The average Bonchev–Trinajstić information content (AvgIpc) is 2.84. The van der Waals surface area contributed by atoms with Crippen LogP contribution in [-0.4, -0.2) is 69.1 Å². The quantitative estimate of drug-likeness (QED) is 0.639. The standard InChI is InChI=1S/C26H37N3O3S/c1-21(2)23-8-10-26(11-9-23)33(30,31)29(24-12-14-27-15-13-24)20-25-19-28(16-17-32-25)18-22-6-4-3-5-7-22/h3-11,21,24-25,27H,12-20H2,1-2H3. The Morgan fingerprint density at radius 3 is 2.42 bits per heavy atom. The lowest BCUT2D eigenvalue weighted by Gasteiger charge is -2.39. The van der Waals surface area contributed by atoms with Crippen LogP contribution in [0.5, 0.6) is 0 Å². The minimum atomic E-state index is -3.61. The van der Waals surface area contributed by atoms with Crippen LogP contribution in [0.1, 0.15) is 43.7 Å². The van der Waals surface area contributed by atoms with Gasteiger partial charge in [-0.1, -0.05) is 56.3 Å². The van der Waals surface area contributed by atoms with E-state index in [-0.39, 0.29) is 12.1 Å². The molecule has 6 nitrogen and oxygen atoms in total. The summed E-state index contributed by atoms with van der Waals surface area (Å²) in [6, 6.07) is 17.8. The number of sulfonamides is 1. The number of hydrogen-bond donors (Lipinski definition) is 1. The molecule has 0 aromatic heterocycles. The fourth-order valence-electron chi connectivity index (χ4n) is 4.78. The normalized spacial score (nSPS) is 21.0. The largest absolute Gasteiger partial charge is 0.374 e. The molecule has 2 aliphatic rings. The third kappa shape index (κ3) is 6.22. The molecule has 1 unspecified atom stereocenters. The highest BCUT2D eigenvalue weighted by Gasteiger charge is 2.35. The summed E-state index contributed by atoms with van der Waals surface area (Å²) in [5, 5.41) is 3.36. The second-order valence-corrected chi connectivity index (χ2v) is 11.4. The Hall–Kier alpha value is -1.77. The Morgan fingerprint density at radius 2 is 1.76 bits per heavy atom. The summed E-state index contributed by atoms with van der Waals surface area (Å²) in [7, 11) is -3.61. The van der Waals surface area contributed by atoms with Crippen molar-refractivity contribution in [3.8, 4) is 0 Å². The number of ether oxygens (including phenoxy) is 1. The lowest BCUT2D eigenvalue weighted by atomic mass is 10.0. The zero-order valence-corrected chi connectivity index (χ0v) is 20.6. The average molecular weight is 472 g/mol. The molecule has 0 spiro atoms. The summed E-state index contributed by atoms with van der Waals surface area (Å²) in [6.07, 6.45) is 1.51. The van der Waals surface area contributed by atoms with E-state index < -0.39 is 10.0 Å². The molecule has 2 fully saturated rings. The SMILES string of the molecule is CC(C)c1ccc(S(=O)(=O)N(CC2CN(Cc3ccccc3)CCO2)C2CCNCC2)cc1. The Morgan fingerprint density at radius 1 is 1.06 bits per heavy atom. The van der Waals surface area contributed by atoms with Gasteiger partial charge in [0.2, 0.25) is 10.0 Å². The molecule has 2 aromatic carbocycles. The Labute approximate surface area is 199 Å². The Bertz CT molecular complexity index is 974. The van der Waals surface area contributed by atoms with Gasteiger partial charge >= 0.3 is 0 Å². The fourth-order valence-corrected chi connectivity index (χ4v) is 6.49. The summed E-state index contributed by atoms with van der Waals surface area (Å²) in [6.45, 7) is 9.39. The maximum absolute atomic E-state index is 13.8. The lowest BCUT2D eigenvalue weighted by Crippen LogP contribution is -2.53. The van der Waals surface area contributed by atoms with Crippen LogP contribution >= 0.6 is 0 Å². The van der Waals surface area contributed by atoms with Gasteiger partial charge in [0.05, 0.1) is 17.6 Å². The first-order valence-corrected chi connectivity index (χ1v) is 13.6. The molecule has 2 aromatic rings. The zero-order valence-electron chi connectivity index (χ0n) is 19.8. The van der Waals surface area contributed by atoms with Crippen molar-refractivity contribution in [2.45, 2.75) is 56.2 Å². The minimum absolute atomic E-state index is 0.00544.